The summed E-state index contributed by atoms with van der Waals surface area (Å²) < 4.78 is 1.60. The molecule has 0 bridgehead atoms. The largest absolute Gasteiger partial charge is 0.393 e. The van der Waals surface area contributed by atoms with Crippen molar-refractivity contribution >= 4 is 5.91 Å². The molecule has 3 rings (SSSR count). The minimum atomic E-state index is -0.271. The SMILES string of the molecule is Cc1nnnn1CCC(=O)NC(c1ccccn1)C1CC(O)C1. The first-order chi connectivity index (χ1) is 11.1. The number of aliphatic hydroxyl groups is 1. The Labute approximate surface area is 133 Å². The normalized spacial score (nSPS) is 21.5. The Bertz CT molecular complexity index is 653. The van der Waals surface area contributed by atoms with Crippen molar-refractivity contribution in [3.8, 4) is 0 Å². The van der Waals surface area contributed by atoms with Gasteiger partial charge in [-0.1, -0.05) is 6.07 Å². The van der Waals surface area contributed by atoms with Crippen LogP contribution in [0.15, 0.2) is 24.4 Å². The molecule has 0 radical (unpaired) electrons. The highest BCUT2D eigenvalue weighted by Gasteiger charge is 2.36. The fourth-order valence-corrected chi connectivity index (χ4v) is 2.80. The number of pyridine rings is 1. The number of tetrazole rings is 1. The Balaban J connectivity index is 1.61. The molecule has 0 aromatic carbocycles. The second kappa shape index (κ2) is 6.82. The summed E-state index contributed by atoms with van der Waals surface area (Å²) in [4.78, 5) is 16.6. The number of nitrogens with zero attached hydrogens (tertiary/aromatic N) is 5. The Morgan fingerprint density at radius 2 is 2.30 bits per heavy atom. The number of rotatable bonds is 6. The van der Waals surface area contributed by atoms with Crippen molar-refractivity contribution in [2.24, 2.45) is 5.92 Å². The fourth-order valence-electron chi connectivity index (χ4n) is 2.80. The maximum absolute atomic E-state index is 12.3. The minimum Gasteiger partial charge on any atom is -0.393 e. The first-order valence-corrected chi connectivity index (χ1v) is 7.74. The summed E-state index contributed by atoms with van der Waals surface area (Å²) in [6.07, 6.45) is 3.12. The molecular weight excluding hydrogens is 296 g/mol. The van der Waals surface area contributed by atoms with E-state index in [1.807, 2.05) is 18.2 Å². The number of carbonyl (C=O) groups is 1. The summed E-state index contributed by atoms with van der Waals surface area (Å²) in [5, 5.41) is 23.8. The third-order valence-electron chi connectivity index (χ3n) is 4.21. The molecule has 0 saturated heterocycles. The fraction of sp³-hybridized carbons (Fsp3) is 0.533. The van der Waals surface area contributed by atoms with E-state index in [0.29, 0.717) is 31.6 Å². The second-order valence-electron chi connectivity index (χ2n) is 5.88. The molecule has 1 amide bonds. The molecule has 23 heavy (non-hydrogen) atoms. The molecule has 0 aliphatic heterocycles. The highest BCUT2D eigenvalue weighted by atomic mass is 16.3. The van der Waals surface area contributed by atoms with Gasteiger partial charge < -0.3 is 10.4 Å². The number of aliphatic hydroxyl groups excluding tert-OH is 1. The lowest BCUT2D eigenvalue weighted by Crippen LogP contribution is -2.42. The zero-order chi connectivity index (χ0) is 16.2. The molecule has 1 aliphatic rings. The van der Waals surface area contributed by atoms with E-state index in [-0.39, 0.29) is 24.0 Å². The number of hydrogen-bond donors (Lipinski definition) is 2. The predicted octanol–water partition coefficient (Wildman–Crippen LogP) is 0.395. The smallest absolute Gasteiger partial charge is 0.222 e. The zero-order valence-electron chi connectivity index (χ0n) is 13.0. The van der Waals surface area contributed by atoms with Crippen molar-refractivity contribution < 1.29 is 9.90 Å². The van der Waals surface area contributed by atoms with E-state index in [2.05, 4.69) is 25.8 Å². The van der Waals surface area contributed by atoms with Crippen molar-refractivity contribution in [2.45, 2.75) is 44.9 Å². The summed E-state index contributed by atoms with van der Waals surface area (Å²) in [6, 6.07) is 5.49. The van der Waals surface area contributed by atoms with Gasteiger partial charge in [-0.2, -0.15) is 0 Å². The van der Waals surface area contributed by atoms with Crippen molar-refractivity contribution in [3.63, 3.8) is 0 Å². The van der Waals surface area contributed by atoms with Crippen LogP contribution in [0.3, 0.4) is 0 Å². The first-order valence-electron chi connectivity index (χ1n) is 7.74. The van der Waals surface area contributed by atoms with Crippen molar-refractivity contribution in [2.75, 3.05) is 0 Å². The number of amides is 1. The molecule has 1 aliphatic carbocycles. The van der Waals surface area contributed by atoms with Crippen LogP contribution in [0.4, 0.5) is 0 Å². The van der Waals surface area contributed by atoms with E-state index in [1.165, 1.54) is 0 Å². The molecule has 2 aromatic heterocycles. The van der Waals surface area contributed by atoms with Gasteiger partial charge in [0.25, 0.3) is 0 Å². The van der Waals surface area contributed by atoms with E-state index in [4.69, 9.17) is 0 Å². The van der Waals surface area contributed by atoms with E-state index in [1.54, 1.807) is 17.8 Å². The zero-order valence-corrected chi connectivity index (χ0v) is 13.0. The van der Waals surface area contributed by atoms with E-state index < -0.39 is 0 Å². The molecular formula is C15H20N6O2. The van der Waals surface area contributed by atoms with E-state index in [0.717, 1.165) is 5.69 Å². The standard InChI is InChI=1S/C15H20N6O2/c1-10-18-19-20-21(10)7-5-14(23)17-15(11-8-12(22)9-11)13-4-2-3-6-16-13/h2-4,6,11-12,15,22H,5,7-9H2,1H3,(H,17,23). The average molecular weight is 316 g/mol. The van der Waals surface area contributed by atoms with Gasteiger partial charge in [0.05, 0.1) is 24.4 Å². The molecule has 1 fully saturated rings. The maximum atomic E-state index is 12.3. The lowest BCUT2D eigenvalue weighted by molar-refractivity contribution is -0.123. The minimum absolute atomic E-state index is 0.0723. The van der Waals surface area contributed by atoms with Gasteiger partial charge in [0, 0.05) is 12.6 Å². The number of hydrogen-bond acceptors (Lipinski definition) is 6. The predicted molar refractivity (Wildman–Crippen MR) is 81.0 cm³/mol. The number of aromatic nitrogens is 5. The van der Waals surface area contributed by atoms with Crippen LogP contribution in [-0.2, 0) is 11.3 Å². The van der Waals surface area contributed by atoms with Crippen LogP contribution < -0.4 is 5.32 Å². The summed E-state index contributed by atoms with van der Waals surface area (Å²) >= 11 is 0. The molecule has 1 saturated carbocycles. The van der Waals surface area contributed by atoms with Crippen LogP contribution in [0.2, 0.25) is 0 Å². The summed E-state index contributed by atoms with van der Waals surface area (Å²) in [6.45, 7) is 2.23. The monoisotopic (exact) mass is 316 g/mol. The third-order valence-corrected chi connectivity index (χ3v) is 4.21. The topological polar surface area (TPSA) is 106 Å². The summed E-state index contributed by atoms with van der Waals surface area (Å²) in [5.74, 6) is 0.830. The second-order valence-corrected chi connectivity index (χ2v) is 5.88. The van der Waals surface area contributed by atoms with Crippen LogP contribution in [-0.4, -0.2) is 42.3 Å². The summed E-state index contributed by atoms with van der Waals surface area (Å²) in [7, 11) is 0. The van der Waals surface area contributed by atoms with Crippen molar-refractivity contribution in [3.05, 3.63) is 35.9 Å². The summed E-state index contributed by atoms with van der Waals surface area (Å²) in [5.41, 5.74) is 0.830. The van der Waals surface area contributed by atoms with Gasteiger partial charge in [-0.3, -0.25) is 9.78 Å². The van der Waals surface area contributed by atoms with Gasteiger partial charge >= 0.3 is 0 Å². The molecule has 2 N–H and O–H groups in total. The van der Waals surface area contributed by atoms with Crippen LogP contribution in [0, 0.1) is 12.8 Å². The van der Waals surface area contributed by atoms with Crippen LogP contribution in [0.5, 0.6) is 0 Å². The molecule has 2 aromatic rings. The average Bonchev–Trinajstić information content (AvgIpc) is 2.94. The Hall–Kier alpha value is -2.35. The lowest BCUT2D eigenvalue weighted by atomic mass is 9.76. The van der Waals surface area contributed by atoms with Crippen LogP contribution in [0.1, 0.15) is 36.8 Å². The molecule has 122 valence electrons. The van der Waals surface area contributed by atoms with Gasteiger partial charge in [0.15, 0.2) is 0 Å². The number of nitrogens with one attached hydrogen (secondary N) is 1. The molecule has 8 nitrogen and oxygen atoms in total. The Morgan fingerprint density at radius 3 is 2.91 bits per heavy atom. The van der Waals surface area contributed by atoms with Crippen molar-refractivity contribution in [1.82, 2.24) is 30.5 Å². The van der Waals surface area contributed by atoms with Gasteiger partial charge in [0.2, 0.25) is 5.91 Å². The molecule has 8 heteroatoms. The first kappa shape index (κ1) is 15.5. The highest BCUT2D eigenvalue weighted by molar-refractivity contribution is 5.76. The third kappa shape index (κ3) is 3.70. The van der Waals surface area contributed by atoms with Crippen LogP contribution in [0.25, 0.3) is 0 Å². The van der Waals surface area contributed by atoms with E-state index in [9.17, 15) is 9.90 Å². The number of carbonyl (C=O) groups excluding carboxylic acids is 1. The van der Waals surface area contributed by atoms with Gasteiger partial charge in [-0.15, -0.1) is 5.10 Å². The van der Waals surface area contributed by atoms with Gasteiger partial charge in [-0.25, -0.2) is 4.68 Å². The Kier molecular flexibility index (Phi) is 4.61. The van der Waals surface area contributed by atoms with E-state index >= 15 is 0 Å². The quantitative estimate of drug-likeness (QED) is 0.799. The van der Waals surface area contributed by atoms with Gasteiger partial charge in [0.1, 0.15) is 5.82 Å². The highest BCUT2D eigenvalue weighted by Crippen LogP contribution is 2.37. The lowest BCUT2D eigenvalue weighted by Gasteiger charge is -2.37. The molecule has 0 spiro atoms. The van der Waals surface area contributed by atoms with Crippen molar-refractivity contribution in [1.29, 1.82) is 0 Å². The molecule has 1 unspecified atom stereocenters. The maximum Gasteiger partial charge on any atom is 0.222 e. The molecule has 2 heterocycles. The Morgan fingerprint density at radius 1 is 1.48 bits per heavy atom. The number of aryl methyl sites for hydroxylation is 2. The molecule has 1 atom stereocenters. The van der Waals surface area contributed by atoms with Gasteiger partial charge in [-0.05, 0) is 48.2 Å². The van der Waals surface area contributed by atoms with Crippen LogP contribution >= 0.6 is 0 Å².